The third-order valence-electron chi connectivity index (χ3n) is 6.03. The number of rotatable bonds is 5. The summed E-state index contributed by atoms with van der Waals surface area (Å²) in [5.74, 6) is 1.38. The first-order valence-corrected chi connectivity index (χ1v) is 11.0. The van der Waals surface area contributed by atoms with Gasteiger partial charge in [-0.2, -0.15) is 0 Å². The van der Waals surface area contributed by atoms with E-state index in [9.17, 15) is 4.79 Å². The molecule has 32 heavy (non-hydrogen) atoms. The fraction of sp³-hybridized carbons (Fsp3) is 0.320. The van der Waals surface area contributed by atoms with E-state index < -0.39 is 0 Å². The Kier molecular flexibility index (Phi) is 5.73. The minimum absolute atomic E-state index is 0.155. The highest BCUT2D eigenvalue weighted by molar-refractivity contribution is 5.89. The maximum Gasteiger partial charge on any atom is 0.219 e. The minimum Gasteiger partial charge on any atom is -0.464 e. The van der Waals surface area contributed by atoms with Crippen molar-refractivity contribution in [3.8, 4) is 11.6 Å². The summed E-state index contributed by atoms with van der Waals surface area (Å²) in [7, 11) is 0. The number of hydrogen-bond donors (Lipinski definition) is 0. The van der Waals surface area contributed by atoms with Gasteiger partial charge in [0.25, 0.3) is 0 Å². The molecule has 1 fully saturated rings. The van der Waals surface area contributed by atoms with Crippen LogP contribution in [0.2, 0.25) is 0 Å². The van der Waals surface area contributed by atoms with Crippen LogP contribution in [-0.4, -0.2) is 59.6 Å². The summed E-state index contributed by atoms with van der Waals surface area (Å²) < 4.78 is 11.8. The van der Waals surface area contributed by atoms with E-state index in [1.54, 1.807) is 6.92 Å². The first kappa shape index (κ1) is 20.5. The molecule has 0 atom stereocenters. The Bertz CT molecular complexity index is 1180. The summed E-state index contributed by atoms with van der Waals surface area (Å²) >= 11 is 0. The summed E-state index contributed by atoms with van der Waals surface area (Å²) in [6, 6.07) is 9.76. The van der Waals surface area contributed by atoms with Gasteiger partial charge in [-0.3, -0.25) is 14.7 Å². The Morgan fingerprint density at radius 1 is 1.16 bits per heavy atom. The highest BCUT2D eigenvalue weighted by atomic mass is 16.5. The molecule has 5 rings (SSSR count). The molecule has 2 aromatic heterocycles. The molecule has 7 heteroatoms. The summed E-state index contributed by atoms with van der Waals surface area (Å²) in [5.41, 5.74) is 4.16. The first-order valence-electron chi connectivity index (χ1n) is 11.0. The number of furan rings is 1. The second kappa shape index (κ2) is 8.96. The average molecular weight is 431 g/mol. The van der Waals surface area contributed by atoms with Crippen LogP contribution in [0.5, 0.6) is 11.6 Å². The van der Waals surface area contributed by atoms with Gasteiger partial charge in [0.15, 0.2) is 0 Å². The van der Waals surface area contributed by atoms with E-state index in [1.807, 2.05) is 60.0 Å². The van der Waals surface area contributed by atoms with Crippen LogP contribution in [0.25, 0.3) is 16.5 Å². The predicted molar refractivity (Wildman–Crippen MR) is 124 cm³/mol. The van der Waals surface area contributed by atoms with Crippen LogP contribution in [-0.2, 0) is 11.3 Å². The number of allylic oxidation sites excluding steroid dienone is 1. The maximum absolute atomic E-state index is 11.7. The number of carbonyl (C=O) groups is 1. The van der Waals surface area contributed by atoms with Crippen molar-refractivity contribution < 1.29 is 13.9 Å². The second-order valence-corrected chi connectivity index (χ2v) is 8.22. The third-order valence-corrected chi connectivity index (χ3v) is 6.03. The highest BCUT2D eigenvalue weighted by Gasteiger charge is 2.18. The number of benzene rings is 1. The van der Waals surface area contributed by atoms with Crippen molar-refractivity contribution in [2.75, 3.05) is 32.7 Å². The number of ether oxygens (including phenoxy) is 1. The van der Waals surface area contributed by atoms with Gasteiger partial charge in [0.2, 0.25) is 11.8 Å². The molecule has 0 aliphatic carbocycles. The van der Waals surface area contributed by atoms with E-state index in [1.165, 1.54) is 0 Å². The van der Waals surface area contributed by atoms with Crippen molar-refractivity contribution in [3.63, 3.8) is 0 Å². The molecule has 0 spiro atoms. The molecule has 1 saturated heterocycles. The van der Waals surface area contributed by atoms with E-state index in [2.05, 4.69) is 14.9 Å². The number of amides is 1. The van der Waals surface area contributed by atoms with E-state index >= 15 is 0 Å². The predicted octanol–water partition coefficient (Wildman–Crippen LogP) is 4.14. The van der Waals surface area contributed by atoms with Crippen molar-refractivity contribution in [1.29, 1.82) is 0 Å². The molecule has 2 aliphatic heterocycles. The van der Waals surface area contributed by atoms with Crippen LogP contribution in [0.1, 0.15) is 24.5 Å². The van der Waals surface area contributed by atoms with E-state index in [0.717, 1.165) is 66.8 Å². The number of aliphatic imine (C=N–C) groups is 1. The van der Waals surface area contributed by atoms with E-state index in [4.69, 9.17) is 9.15 Å². The lowest BCUT2D eigenvalue weighted by Gasteiger charge is -2.20. The maximum atomic E-state index is 11.7. The summed E-state index contributed by atoms with van der Waals surface area (Å²) in [6.07, 6.45) is 8.45. The average Bonchev–Trinajstić information content (AvgIpc) is 3.40. The Hall–Kier alpha value is -3.45. The van der Waals surface area contributed by atoms with Crippen LogP contribution in [0.15, 0.2) is 58.3 Å². The van der Waals surface area contributed by atoms with Gasteiger partial charge in [0, 0.05) is 75.1 Å². The van der Waals surface area contributed by atoms with Crippen LogP contribution < -0.4 is 4.74 Å². The summed E-state index contributed by atoms with van der Waals surface area (Å²) in [5, 5.41) is 1.08. The standard InChI is InChI=1S/C25H26N4O3/c1-18(30)29-10-2-9-28(11-12-29)16-21-17-31-24-13-22(4-5-23(21)24)32-25-6-3-19(15-27-25)20-7-8-26-14-20/h3-8,13,15,17H,2,9-12,14,16H2,1H3. The van der Waals surface area contributed by atoms with Crippen molar-refractivity contribution in [3.05, 3.63) is 60.0 Å². The zero-order valence-electron chi connectivity index (χ0n) is 18.2. The van der Waals surface area contributed by atoms with Gasteiger partial charge in [0.05, 0.1) is 12.8 Å². The Balaban J connectivity index is 1.25. The van der Waals surface area contributed by atoms with Gasteiger partial charge in [-0.05, 0) is 41.8 Å². The second-order valence-electron chi connectivity index (χ2n) is 8.22. The van der Waals surface area contributed by atoms with E-state index in [0.29, 0.717) is 18.2 Å². The number of aromatic nitrogens is 1. The lowest BCUT2D eigenvalue weighted by Crippen LogP contribution is -2.33. The Morgan fingerprint density at radius 2 is 2.09 bits per heavy atom. The van der Waals surface area contributed by atoms with Gasteiger partial charge in [-0.1, -0.05) is 0 Å². The van der Waals surface area contributed by atoms with Crippen molar-refractivity contribution in [2.24, 2.45) is 4.99 Å². The number of fused-ring (bicyclic) bond motifs is 1. The number of hydrogen-bond acceptors (Lipinski definition) is 6. The zero-order chi connectivity index (χ0) is 21.9. The molecule has 4 heterocycles. The molecule has 1 aromatic carbocycles. The van der Waals surface area contributed by atoms with Crippen LogP contribution in [0.3, 0.4) is 0 Å². The van der Waals surface area contributed by atoms with Crippen LogP contribution >= 0.6 is 0 Å². The fourth-order valence-corrected chi connectivity index (χ4v) is 4.22. The molecule has 7 nitrogen and oxygen atoms in total. The van der Waals surface area contributed by atoms with Crippen molar-refractivity contribution in [1.82, 2.24) is 14.8 Å². The molecular formula is C25H26N4O3. The smallest absolute Gasteiger partial charge is 0.219 e. The molecule has 1 amide bonds. The number of nitrogens with zero attached hydrogens (tertiary/aromatic N) is 4. The largest absolute Gasteiger partial charge is 0.464 e. The first-order chi connectivity index (χ1) is 15.7. The molecule has 2 aliphatic rings. The van der Waals surface area contributed by atoms with Crippen LogP contribution in [0, 0.1) is 0 Å². The normalized spacial score (nSPS) is 16.9. The van der Waals surface area contributed by atoms with Crippen LogP contribution in [0.4, 0.5) is 0 Å². The molecule has 0 saturated carbocycles. The summed E-state index contributed by atoms with van der Waals surface area (Å²) in [6.45, 7) is 6.61. The summed E-state index contributed by atoms with van der Waals surface area (Å²) in [4.78, 5) is 24.6. The fourth-order valence-electron chi connectivity index (χ4n) is 4.22. The Morgan fingerprint density at radius 3 is 2.88 bits per heavy atom. The van der Waals surface area contributed by atoms with Gasteiger partial charge in [-0.15, -0.1) is 0 Å². The lowest BCUT2D eigenvalue weighted by atomic mass is 10.1. The minimum atomic E-state index is 0.155. The Labute approximate surface area is 187 Å². The molecule has 0 unspecified atom stereocenters. The van der Waals surface area contributed by atoms with Gasteiger partial charge in [-0.25, -0.2) is 4.98 Å². The third kappa shape index (κ3) is 4.43. The molecule has 164 valence electrons. The number of pyridine rings is 1. The molecule has 3 aromatic rings. The SMILES string of the molecule is CC(=O)N1CCCN(Cc2coc3cc(Oc4ccc(C5=CC=NC5)cn4)ccc23)CC1. The van der Waals surface area contributed by atoms with Gasteiger partial charge < -0.3 is 14.1 Å². The molecular weight excluding hydrogens is 404 g/mol. The van der Waals surface area contributed by atoms with Gasteiger partial charge >= 0.3 is 0 Å². The highest BCUT2D eigenvalue weighted by Crippen LogP contribution is 2.29. The van der Waals surface area contributed by atoms with Gasteiger partial charge in [0.1, 0.15) is 11.3 Å². The molecule has 0 N–H and O–H groups in total. The molecule has 0 radical (unpaired) electrons. The van der Waals surface area contributed by atoms with Crippen molar-refractivity contribution in [2.45, 2.75) is 19.9 Å². The van der Waals surface area contributed by atoms with Crippen molar-refractivity contribution >= 4 is 28.7 Å². The van der Waals surface area contributed by atoms with E-state index in [-0.39, 0.29) is 5.91 Å². The quantitative estimate of drug-likeness (QED) is 0.608. The number of carbonyl (C=O) groups excluding carboxylic acids is 1. The zero-order valence-corrected chi connectivity index (χ0v) is 18.2. The topological polar surface area (TPSA) is 71.2 Å². The molecule has 0 bridgehead atoms. The monoisotopic (exact) mass is 430 g/mol. The lowest BCUT2D eigenvalue weighted by molar-refractivity contribution is -0.128.